The Bertz CT molecular complexity index is 2700. The number of benzene rings is 8. The highest BCUT2D eigenvalue weighted by molar-refractivity contribution is 6.12. The summed E-state index contributed by atoms with van der Waals surface area (Å²) in [5.74, 6) is 0. The van der Waals surface area contributed by atoms with E-state index in [0.29, 0.717) is 6.54 Å². The van der Waals surface area contributed by atoms with E-state index in [9.17, 15) is 0 Å². The van der Waals surface area contributed by atoms with Gasteiger partial charge >= 0.3 is 0 Å². The van der Waals surface area contributed by atoms with Crippen molar-refractivity contribution in [2.75, 3.05) is 5.32 Å². The average Bonchev–Trinajstić information content (AvgIpc) is 3.58. The Morgan fingerprint density at radius 2 is 1.15 bits per heavy atom. The Labute approximate surface area is 322 Å². The largest absolute Gasteiger partial charge is 0.355 e. The van der Waals surface area contributed by atoms with Crippen LogP contribution >= 0.6 is 0 Å². The van der Waals surface area contributed by atoms with E-state index in [1.807, 2.05) is 18.3 Å². The van der Waals surface area contributed by atoms with Gasteiger partial charge in [0.2, 0.25) is 0 Å². The number of hydrogen-bond acceptors (Lipinski definition) is 3. The second-order valence-corrected chi connectivity index (χ2v) is 13.8. The molecule has 4 nitrogen and oxygen atoms in total. The predicted octanol–water partition coefficient (Wildman–Crippen LogP) is 12.8. The van der Waals surface area contributed by atoms with Gasteiger partial charge in [-0.05, 0) is 81.9 Å². The van der Waals surface area contributed by atoms with Gasteiger partial charge in [-0.15, -0.1) is 0 Å². The fourth-order valence-corrected chi connectivity index (χ4v) is 7.39. The molecule has 9 aromatic rings. The third-order valence-electron chi connectivity index (χ3n) is 10.1. The normalized spacial score (nSPS) is 12.0. The molecule has 0 fully saturated rings. The van der Waals surface area contributed by atoms with Crippen LogP contribution in [0.25, 0.3) is 49.7 Å². The molecule has 0 amide bonds. The predicted molar refractivity (Wildman–Crippen MR) is 231 cm³/mol. The molecule has 1 heterocycles. The van der Waals surface area contributed by atoms with Gasteiger partial charge in [0, 0.05) is 46.2 Å². The van der Waals surface area contributed by atoms with Crippen molar-refractivity contribution in [3.8, 4) is 27.9 Å². The molecule has 1 unspecified atom stereocenters. The summed E-state index contributed by atoms with van der Waals surface area (Å²) in [4.78, 5) is 5.12. The van der Waals surface area contributed by atoms with Crippen LogP contribution in [0.15, 0.2) is 211 Å². The first-order valence-corrected chi connectivity index (χ1v) is 18.8. The van der Waals surface area contributed by atoms with Gasteiger partial charge in [-0.2, -0.15) is 0 Å². The molecule has 2 N–H and O–H groups in total. The first kappa shape index (κ1) is 33.8. The minimum Gasteiger partial charge on any atom is -0.355 e. The first-order valence-electron chi connectivity index (χ1n) is 18.8. The minimum atomic E-state index is -0.243. The lowest BCUT2D eigenvalue weighted by Crippen LogP contribution is -2.19. The van der Waals surface area contributed by atoms with Crippen LogP contribution in [0.4, 0.5) is 11.4 Å². The topological polar surface area (TPSA) is 41.4 Å². The highest BCUT2D eigenvalue weighted by Gasteiger charge is 2.17. The number of hydrogen-bond donors (Lipinski definition) is 2. The van der Waals surface area contributed by atoms with Gasteiger partial charge in [0.05, 0.1) is 11.0 Å². The van der Waals surface area contributed by atoms with E-state index in [1.165, 1.54) is 33.0 Å². The second-order valence-electron chi connectivity index (χ2n) is 13.8. The molecule has 55 heavy (non-hydrogen) atoms. The number of para-hydroxylation sites is 2. The quantitative estimate of drug-likeness (QED) is 0.131. The van der Waals surface area contributed by atoms with Gasteiger partial charge in [0.15, 0.2) is 0 Å². The zero-order chi connectivity index (χ0) is 36.8. The number of aromatic nitrogens is 1. The molecule has 0 bridgehead atoms. The summed E-state index contributed by atoms with van der Waals surface area (Å²) in [7, 11) is 0. The summed E-state index contributed by atoms with van der Waals surface area (Å²) in [5.41, 5.74) is 13.6. The number of aliphatic imine (C=N–C) groups is 1. The summed E-state index contributed by atoms with van der Waals surface area (Å²) < 4.78 is 2.37. The molecule has 8 aromatic carbocycles. The number of rotatable bonds is 11. The molecule has 1 aromatic heterocycles. The maximum atomic E-state index is 5.12. The third-order valence-corrected chi connectivity index (χ3v) is 10.1. The van der Waals surface area contributed by atoms with Crippen LogP contribution in [0.2, 0.25) is 0 Å². The summed E-state index contributed by atoms with van der Waals surface area (Å²) in [6, 6.07) is 72.7. The SMILES string of the molecule is C(=N\C(NCc1ccccc1)c1ccc(Nc2cc3c(cc2-c2ccccc2)c2ccccc2n3-c2ccccc2)cc1)/c1cccc(-c2ccccc2)c1. The lowest BCUT2D eigenvalue weighted by atomic mass is 10.00. The van der Waals surface area contributed by atoms with Crippen LogP contribution in [0.3, 0.4) is 0 Å². The van der Waals surface area contributed by atoms with Crippen molar-refractivity contribution < 1.29 is 0 Å². The van der Waals surface area contributed by atoms with Crippen LogP contribution in [-0.2, 0) is 6.54 Å². The highest BCUT2D eigenvalue weighted by atomic mass is 15.1. The maximum absolute atomic E-state index is 5.12. The van der Waals surface area contributed by atoms with Crippen molar-refractivity contribution >= 4 is 39.4 Å². The Kier molecular flexibility index (Phi) is 9.55. The molecule has 4 heteroatoms. The van der Waals surface area contributed by atoms with Crippen molar-refractivity contribution in [3.63, 3.8) is 0 Å². The van der Waals surface area contributed by atoms with Gasteiger partial charge < -0.3 is 9.88 Å². The molecule has 0 aliphatic carbocycles. The van der Waals surface area contributed by atoms with Crippen LogP contribution in [-0.4, -0.2) is 10.8 Å². The fourth-order valence-electron chi connectivity index (χ4n) is 7.39. The zero-order valence-corrected chi connectivity index (χ0v) is 30.4. The van der Waals surface area contributed by atoms with Crippen molar-refractivity contribution in [1.82, 2.24) is 9.88 Å². The van der Waals surface area contributed by atoms with E-state index in [4.69, 9.17) is 4.99 Å². The number of anilines is 2. The van der Waals surface area contributed by atoms with Gasteiger partial charge in [0.25, 0.3) is 0 Å². The molecule has 264 valence electrons. The van der Waals surface area contributed by atoms with Gasteiger partial charge in [-0.3, -0.25) is 10.3 Å². The number of nitrogens with zero attached hydrogens (tertiary/aromatic N) is 2. The third kappa shape index (κ3) is 7.32. The smallest absolute Gasteiger partial charge is 0.125 e. The lowest BCUT2D eigenvalue weighted by molar-refractivity contribution is 0.556. The van der Waals surface area contributed by atoms with E-state index in [0.717, 1.165) is 44.8 Å². The standard InChI is InChI=1S/C51H40N4/c1-5-16-37(17-6-1)35-52-51(53-36-38-18-15-23-42(32-38)39-19-7-2-8-20-39)41-28-30-43(31-29-41)54-48-34-50-47(33-46(48)40-21-9-3-10-22-40)45-26-13-14-27-49(45)55(50)44-24-11-4-12-25-44/h1-34,36,51-52,54H,35H2/b53-36+. The van der Waals surface area contributed by atoms with E-state index in [2.05, 4.69) is 209 Å². The zero-order valence-electron chi connectivity index (χ0n) is 30.4. The second kappa shape index (κ2) is 15.5. The van der Waals surface area contributed by atoms with E-state index >= 15 is 0 Å². The van der Waals surface area contributed by atoms with Crippen molar-refractivity contribution in [2.45, 2.75) is 12.7 Å². The van der Waals surface area contributed by atoms with Crippen LogP contribution in [0.1, 0.15) is 22.9 Å². The average molecular weight is 709 g/mol. The van der Waals surface area contributed by atoms with Gasteiger partial charge in [0.1, 0.15) is 6.17 Å². The molecule has 0 saturated carbocycles. The summed E-state index contributed by atoms with van der Waals surface area (Å²) in [6.45, 7) is 0.697. The van der Waals surface area contributed by atoms with Gasteiger partial charge in [-0.1, -0.05) is 158 Å². The van der Waals surface area contributed by atoms with Crippen LogP contribution in [0, 0.1) is 0 Å². The highest BCUT2D eigenvalue weighted by Crippen LogP contribution is 2.40. The Balaban J connectivity index is 1.07. The van der Waals surface area contributed by atoms with E-state index in [-0.39, 0.29) is 6.17 Å². The molecule has 0 aliphatic heterocycles. The minimum absolute atomic E-state index is 0.243. The van der Waals surface area contributed by atoms with Crippen molar-refractivity contribution in [3.05, 3.63) is 223 Å². The molecule has 0 aliphatic rings. The molecule has 0 spiro atoms. The number of nitrogens with one attached hydrogen (secondary N) is 2. The van der Waals surface area contributed by atoms with Gasteiger partial charge in [-0.25, -0.2) is 0 Å². The molecular weight excluding hydrogens is 669 g/mol. The summed E-state index contributed by atoms with van der Waals surface area (Å²) in [5, 5.41) is 9.97. The van der Waals surface area contributed by atoms with Crippen molar-refractivity contribution in [1.29, 1.82) is 0 Å². The summed E-state index contributed by atoms with van der Waals surface area (Å²) in [6.07, 6.45) is 1.74. The molecule has 0 radical (unpaired) electrons. The fraction of sp³-hybridized carbons (Fsp3) is 0.0392. The Hall–Kier alpha value is -7.01. The monoisotopic (exact) mass is 708 g/mol. The maximum Gasteiger partial charge on any atom is 0.125 e. The Morgan fingerprint density at radius 1 is 0.509 bits per heavy atom. The van der Waals surface area contributed by atoms with Crippen LogP contribution in [0.5, 0.6) is 0 Å². The lowest BCUT2D eigenvalue weighted by Gasteiger charge is -2.18. The molecular formula is C51H40N4. The molecule has 1 atom stereocenters. The molecule has 9 rings (SSSR count). The van der Waals surface area contributed by atoms with E-state index < -0.39 is 0 Å². The molecule has 0 saturated heterocycles. The van der Waals surface area contributed by atoms with E-state index in [1.54, 1.807) is 0 Å². The number of fused-ring (bicyclic) bond motifs is 3. The summed E-state index contributed by atoms with van der Waals surface area (Å²) >= 11 is 0. The van der Waals surface area contributed by atoms with Crippen LogP contribution < -0.4 is 10.6 Å². The first-order chi connectivity index (χ1) is 27.3. The van der Waals surface area contributed by atoms with Crippen molar-refractivity contribution in [2.24, 2.45) is 4.99 Å². The Morgan fingerprint density at radius 3 is 1.89 bits per heavy atom.